The number of rotatable bonds is 11. The van der Waals surface area contributed by atoms with Crippen LogP contribution in [-0.2, 0) is 14.0 Å². The van der Waals surface area contributed by atoms with Crippen molar-refractivity contribution in [2.75, 3.05) is 31.7 Å². The smallest absolute Gasteiger partial charge is 0.359 e. The minimum Gasteiger partial charge on any atom is -0.461 e. The first-order valence-corrected chi connectivity index (χ1v) is 13.3. The molecule has 2 aliphatic rings. The number of fused-ring (bicyclic) bond motifs is 1. The van der Waals surface area contributed by atoms with Crippen LogP contribution in [0.4, 0.5) is 5.82 Å². The summed E-state index contributed by atoms with van der Waals surface area (Å²) >= 11 is 0. The lowest BCUT2D eigenvalue weighted by Crippen LogP contribution is -2.39. The number of nitrogens with zero attached hydrogens (tertiary/aromatic N) is 4. The molecule has 1 saturated heterocycles. The third-order valence-corrected chi connectivity index (χ3v) is 8.00. The van der Waals surface area contributed by atoms with Gasteiger partial charge >= 0.3 is 13.6 Å². The van der Waals surface area contributed by atoms with Gasteiger partial charge in [0.15, 0.2) is 17.2 Å². The van der Waals surface area contributed by atoms with Crippen molar-refractivity contribution in [3.63, 3.8) is 0 Å². The fourth-order valence-electron chi connectivity index (χ4n) is 4.22. The van der Waals surface area contributed by atoms with Gasteiger partial charge in [-0.15, -0.1) is 0 Å². The summed E-state index contributed by atoms with van der Waals surface area (Å²) in [6.07, 6.45) is 0.256. The zero-order chi connectivity index (χ0) is 26.1. The van der Waals surface area contributed by atoms with Gasteiger partial charge in [0.2, 0.25) is 0 Å². The molecular formula is C20H32N5O10P. The van der Waals surface area contributed by atoms with Crippen LogP contribution in [0.15, 0.2) is 6.20 Å². The number of anilines is 1. The molecule has 0 aromatic carbocycles. The summed E-state index contributed by atoms with van der Waals surface area (Å²) in [5, 5.41) is 45.8. The molecule has 5 atom stereocenters. The van der Waals surface area contributed by atoms with E-state index in [4.69, 9.17) is 19.3 Å². The molecule has 0 unspecified atom stereocenters. The second-order valence-electron chi connectivity index (χ2n) is 9.11. The van der Waals surface area contributed by atoms with Crippen molar-refractivity contribution in [3.8, 4) is 6.01 Å². The van der Waals surface area contributed by atoms with Gasteiger partial charge in [0.25, 0.3) is 0 Å². The highest BCUT2D eigenvalue weighted by Crippen LogP contribution is 2.51. The van der Waals surface area contributed by atoms with Crippen molar-refractivity contribution >= 4 is 24.4 Å². The normalized spacial score (nSPS) is 27.0. The van der Waals surface area contributed by atoms with Crippen LogP contribution in [0.25, 0.3) is 11.0 Å². The van der Waals surface area contributed by atoms with Crippen molar-refractivity contribution in [2.45, 2.75) is 68.5 Å². The van der Waals surface area contributed by atoms with E-state index in [-0.39, 0.29) is 30.9 Å². The van der Waals surface area contributed by atoms with Gasteiger partial charge in [-0.2, -0.15) is 15.1 Å². The maximum Gasteiger partial charge on any atom is 0.359 e. The Morgan fingerprint density at radius 3 is 2.58 bits per heavy atom. The number of nitrogens with one attached hydrogen (secondary N) is 1. The minimum absolute atomic E-state index is 0.0212. The Morgan fingerprint density at radius 1 is 1.22 bits per heavy atom. The van der Waals surface area contributed by atoms with Gasteiger partial charge in [-0.1, -0.05) is 12.8 Å². The topological polar surface area (TPSA) is 222 Å². The summed E-state index contributed by atoms with van der Waals surface area (Å²) in [6.45, 7) is -0.740. The highest BCUT2D eigenvalue weighted by Gasteiger charge is 2.48. The summed E-state index contributed by atoms with van der Waals surface area (Å²) in [6, 6.07) is 0.191. The van der Waals surface area contributed by atoms with Crippen LogP contribution >= 0.6 is 7.60 Å². The summed E-state index contributed by atoms with van der Waals surface area (Å²) in [4.78, 5) is 27.7. The largest absolute Gasteiger partial charge is 0.461 e. The molecule has 36 heavy (non-hydrogen) atoms. The predicted octanol–water partition coefficient (Wildman–Crippen LogP) is -0.926. The molecule has 2 aromatic heterocycles. The molecule has 3 heterocycles. The SMILES string of the molecule is C[C@@](CO)(OC[C@H]1O[C@@H](n2ncc3c(NC4CCCC4)nc(OCCO)nc32)[C@H](O)[C@@H]1O)P(=O)(O)O. The van der Waals surface area contributed by atoms with E-state index >= 15 is 0 Å². The van der Waals surface area contributed by atoms with E-state index in [1.807, 2.05) is 0 Å². The van der Waals surface area contributed by atoms with E-state index in [0.717, 1.165) is 32.6 Å². The van der Waals surface area contributed by atoms with Gasteiger partial charge in [-0.3, -0.25) is 4.57 Å². The van der Waals surface area contributed by atoms with E-state index in [1.54, 1.807) is 0 Å². The summed E-state index contributed by atoms with van der Waals surface area (Å²) in [7, 11) is -4.85. The Kier molecular flexibility index (Phi) is 8.14. The highest BCUT2D eigenvalue weighted by atomic mass is 31.2. The maximum absolute atomic E-state index is 11.7. The molecule has 16 heteroatoms. The third kappa shape index (κ3) is 5.35. The van der Waals surface area contributed by atoms with Crippen LogP contribution < -0.4 is 10.1 Å². The highest BCUT2D eigenvalue weighted by molar-refractivity contribution is 7.53. The molecule has 202 valence electrons. The van der Waals surface area contributed by atoms with Gasteiger partial charge < -0.3 is 49.7 Å². The number of aliphatic hydroxyl groups is 4. The van der Waals surface area contributed by atoms with Gasteiger partial charge in [0.05, 0.1) is 31.4 Å². The van der Waals surface area contributed by atoms with E-state index in [0.29, 0.717) is 11.2 Å². The quantitative estimate of drug-likeness (QED) is 0.174. The molecule has 15 nitrogen and oxygen atoms in total. The summed E-state index contributed by atoms with van der Waals surface area (Å²) < 4.78 is 29.4. The lowest BCUT2D eigenvalue weighted by atomic mass is 10.1. The van der Waals surface area contributed by atoms with E-state index in [2.05, 4.69) is 20.4 Å². The van der Waals surface area contributed by atoms with Gasteiger partial charge in [0, 0.05) is 6.04 Å². The number of hydrogen-bond donors (Lipinski definition) is 7. The summed E-state index contributed by atoms with van der Waals surface area (Å²) in [5.41, 5.74) is 0.242. The molecule has 4 rings (SSSR count). The Labute approximate surface area is 206 Å². The number of aliphatic hydroxyl groups excluding tert-OH is 4. The van der Waals surface area contributed by atoms with Crippen molar-refractivity contribution in [1.82, 2.24) is 19.7 Å². The molecule has 0 spiro atoms. The van der Waals surface area contributed by atoms with E-state index < -0.39 is 50.7 Å². The fourth-order valence-corrected chi connectivity index (χ4v) is 4.65. The van der Waals surface area contributed by atoms with Crippen molar-refractivity contribution < 1.29 is 49.0 Å². The summed E-state index contributed by atoms with van der Waals surface area (Å²) in [5.74, 6) is 0.472. The first kappa shape index (κ1) is 27.1. The molecule has 0 radical (unpaired) electrons. The molecule has 1 aliphatic carbocycles. The van der Waals surface area contributed by atoms with Crippen LogP contribution in [-0.4, -0.2) is 106 Å². The minimum atomic E-state index is -4.85. The Morgan fingerprint density at radius 2 is 1.94 bits per heavy atom. The van der Waals surface area contributed by atoms with Crippen molar-refractivity contribution in [3.05, 3.63) is 6.20 Å². The molecule has 7 N–H and O–H groups in total. The van der Waals surface area contributed by atoms with Gasteiger partial charge in [-0.25, -0.2) is 4.68 Å². The van der Waals surface area contributed by atoms with Gasteiger partial charge in [0.1, 0.15) is 30.7 Å². The van der Waals surface area contributed by atoms with E-state index in [9.17, 15) is 29.7 Å². The second kappa shape index (κ2) is 10.8. The number of ether oxygens (including phenoxy) is 3. The fraction of sp³-hybridized carbons (Fsp3) is 0.750. The molecular weight excluding hydrogens is 501 g/mol. The standard InChI is InChI=1S/C20H32N5O10P/c1-20(10-27,36(30,31)32)34-9-13-14(28)15(29)18(35-13)25-17-12(8-21-25)16(22-11-4-2-3-5-11)23-19(24-17)33-7-6-26/h8,11,13-15,18,26-29H,2-7,9-10H2,1H3,(H,22,23,24)(H2,30,31,32)/t13-,14-,15-,18-,20-/m1/s1. The van der Waals surface area contributed by atoms with Crippen molar-refractivity contribution in [2.24, 2.45) is 0 Å². The molecule has 0 bridgehead atoms. The first-order chi connectivity index (χ1) is 17.1. The second-order valence-corrected chi connectivity index (χ2v) is 11.1. The third-order valence-electron chi connectivity index (χ3n) is 6.50. The lowest BCUT2D eigenvalue weighted by molar-refractivity contribution is -0.104. The van der Waals surface area contributed by atoms with Crippen LogP contribution in [0.1, 0.15) is 38.8 Å². The average molecular weight is 533 g/mol. The van der Waals surface area contributed by atoms with Crippen LogP contribution in [0.3, 0.4) is 0 Å². The van der Waals surface area contributed by atoms with Crippen LogP contribution in [0, 0.1) is 0 Å². The lowest BCUT2D eigenvalue weighted by Gasteiger charge is -2.29. The van der Waals surface area contributed by atoms with E-state index in [1.165, 1.54) is 10.9 Å². The zero-order valence-corrected chi connectivity index (χ0v) is 20.6. The zero-order valence-electron chi connectivity index (χ0n) is 19.7. The molecule has 2 fully saturated rings. The average Bonchev–Trinajstić information content (AvgIpc) is 3.56. The molecule has 1 saturated carbocycles. The Bertz CT molecular complexity index is 1090. The van der Waals surface area contributed by atoms with Crippen molar-refractivity contribution in [1.29, 1.82) is 0 Å². The van der Waals surface area contributed by atoms with Gasteiger partial charge in [-0.05, 0) is 19.8 Å². The van der Waals surface area contributed by atoms with Crippen LogP contribution in [0.5, 0.6) is 6.01 Å². The predicted molar refractivity (Wildman–Crippen MR) is 123 cm³/mol. The van der Waals surface area contributed by atoms with Crippen LogP contribution in [0.2, 0.25) is 0 Å². The Hall–Kier alpha value is -1.94. The number of aromatic nitrogens is 4. The molecule has 1 aliphatic heterocycles. The molecule has 0 amide bonds. The maximum atomic E-state index is 11.7. The Balaban J connectivity index is 1.60. The first-order valence-electron chi connectivity index (χ1n) is 11.7. The molecule has 2 aromatic rings. The monoisotopic (exact) mass is 533 g/mol. The number of hydrogen-bond acceptors (Lipinski definition) is 12.